The molecule has 0 aliphatic carbocycles. The standard InChI is InChI=1S/C19H22ClFN2O2S/c1-14-3-6-19(15(2)11-14)26(24,25)23-9-7-22(8-10-23)13-16-4-5-17(21)12-18(16)20/h3-6,11-12H,7-10,13H2,1-2H3. The molecule has 2 aromatic carbocycles. The predicted molar refractivity (Wildman–Crippen MR) is 101 cm³/mol. The summed E-state index contributed by atoms with van der Waals surface area (Å²) in [6.07, 6.45) is 0. The summed E-state index contributed by atoms with van der Waals surface area (Å²) in [7, 11) is -3.49. The quantitative estimate of drug-likeness (QED) is 0.792. The van der Waals surface area contributed by atoms with E-state index in [-0.39, 0.29) is 5.82 Å². The molecule has 7 heteroatoms. The van der Waals surface area contributed by atoms with Gasteiger partial charge in [-0.1, -0.05) is 35.4 Å². The van der Waals surface area contributed by atoms with Gasteiger partial charge in [0.15, 0.2) is 0 Å². The van der Waals surface area contributed by atoms with Crippen molar-refractivity contribution < 1.29 is 12.8 Å². The smallest absolute Gasteiger partial charge is 0.243 e. The van der Waals surface area contributed by atoms with Crippen LogP contribution in [0.5, 0.6) is 0 Å². The lowest BCUT2D eigenvalue weighted by molar-refractivity contribution is 0.181. The van der Waals surface area contributed by atoms with Crippen LogP contribution in [0.3, 0.4) is 0 Å². The molecule has 0 radical (unpaired) electrons. The van der Waals surface area contributed by atoms with E-state index in [4.69, 9.17) is 11.6 Å². The predicted octanol–water partition coefficient (Wildman–Crippen LogP) is 3.60. The number of benzene rings is 2. The summed E-state index contributed by atoms with van der Waals surface area (Å²) >= 11 is 6.09. The Bertz CT molecular complexity index is 910. The maximum absolute atomic E-state index is 13.2. The first kappa shape index (κ1) is 19.3. The average Bonchev–Trinajstić information content (AvgIpc) is 2.57. The fourth-order valence-electron chi connectivity index (χ4n) is 3.25. The van der Waals surface area contributed by atoms with Crippen molar-refractivity contribution in [2.45, 2.75) is 25.3 Å². The molecule has 0 saturated carbocycles. The lowest BCUT2D eigenvalue weighted by atomic mass is 10.2. The summed E-state index contributed by atoms with van der Waals surface area (Å²) in [6, 6.07) is 9.77. The van der Waals surface area contributed by atoms with E-state index in [1.807, 2.05) is 26.0 Å². The van der Waals surface area contributed by atoms with Crippen molar-refractivity contribution in [3.8, 4) is 0 Å². The van der Waals surface area contributed by atoms with E-state index in [2.05, 4.69) is 4.90 Å². The molecule has 3 rings (SSSR count). The van der Waals surface area contributed by atoms with Crippen LogP contribution >= 0.6 is 11.6 Å². The zero-order chi connectivity index (χ0) is 18.9. The van der Waals surface area contributed by atoms with E-state index in [0.717, 1.165) is 16.7 Å². The Labute approximate surface area is 159 Å². The van der Waals surface area contributed by atoms with Crippen molar-refractivity contribution >= 4 is 21.6 Å². The highest BCUT2D eigenvalue weighted by Gasteiger charge is 2.29. The topological polar surface area (TPSA) is 40.6 Å². The molecule has 0 aromatic heterocycles. The minimum atomic E-state index is -3.49. The van der Waals surface area contributed by atoms with Gasteiger partial charge in [-0.3, -0.25) is 4.90 Å². The molecule has 1 aliphatic rings. The number of piperazine rings is 1. The number of hydrogen-bond donors (Lipinski definition) is 0. The molecule has 26 heavy (non-hydrogen) atoms. The van der Waals surface area contributed by atoms with Gasteiger partial charge in [-0.05, 0) is 43.2 Å². The van der Waals surface area contributed by atoms with Crippen molar-refractivity contribution in [3.63, 3.8) is 0 Å². The van der Waals surface area contributed by atoms with Crippen LogP contribution in [0.4, 0.5) is 4.39 Å². The minimum absolute atomic E-state index is 0.358. The molecular weight excluding hydrogens is 375 g/mol. The lowest BCUT2D eigenvalue weighted by Gasteiger charge is -2.34. The molecule has 0 atom stereocenters. The molecule has 0 N–H and O–H groups in total. The number of halogens is 2. The van der Waals surface area contributed by atoms with Crippen LogP contribution < -0.4 is 0 Å². The summed E-state index contributed by atoms with van der Waals surface area (Å²) in [4.78, 5) is 2.51. The first-order valence-electron chi connectivity index (χ1n) is 8.51. The highest BCUT2D eigenvalue weighted by atomic mass is 35.5. The number of rotatable bonds is 4. The molecule has 0 amide bonds. The van der Waals surface area contributed by atoms with E-state index in [9.17, 15) is 12.8 Å². The SMILES string of the molecule is Cc1ccc(S(=O)(=O)N2CCN(Cc3ccc(F)cc3Cl)CC2)c(C)c1. The fraction of sp³-hybridized carbons (Fsp3) is 0.368. The van der Waals surface area contributed by atoms with Gasteiger partial charge in [0.25, 0.3) is 0 Å². The molecular formula is C19H22ClFN2O2S. The molecule has 0 bridgehead atoms. The van der Waals surface area contributed by atoms with Gasteiger partial charge in [0, 0.05) is 37.7 Å². The first-order valence-corrected chi connectivity index (χ1v) is 10.3. The molecule has 0 spiro atoms. The molecule has 2 aromatic rings. The van der Waals surface area contributed by atoms with E-state index >= 15 is 0 Å². The summed E-state index contributed by atoms with van der Waals surface area (Å²) < 4.78 is 40.5. The second-order valence-electron chi connectivity index (χ2n) is 6.68. The Morgan fingerprint density at radius 2 is 1.73 bits per heavy atom. The van der Waals surface area contributed by atoms with Crippen molar-refractivity contribution in [1.82, 2.24) is 9.21 Å². The largest absolute Gasteiger partial charge is 0.296 e. The molecule has 4 nitrogen and oxygen atoms in total. The zero-order valence-electron chi connectivity index (χ0n) is 14.9. The number of hydrogen-bond acceptors (Lipinski definition) is 3. The van der Waals surface area contributed by atoms with Gasteiger partial charge in [-0.2, -0.15) is 4.31 Å². The van der Waals surface area contributed by atoms with Gasteiger partial charge >= 0.3 is 0 Å². The van der Waals surface area contributed by atoms with Crippen LogP contribution in [0.25, 0.3) is 0 Å². The van der Waals surface area contributed by atoms with Crippen LogP contribution in [0, 0.1) is 19.7 Å². The molecule has 140 valence electrons. The summed E-state index contributed by atoms with van der Waals surface area (Å²) in [5, 5.41) is 0.398. The maximum atomic E-state index is 13.2. The second kappa shape index (κ2) is 7.64. The van der Waals surface area contributed by atoms with Crippen LogP contribution in [0.1, 0.15) is 16.7 Å². The van der Waals surface area contributed by atoms with Gasteiger partial charge in [-0.25, -0.2) is 12.8 Å². The maximum Gasteiger partial charge on any atom is 0.243 e. The molecule has 1 heterocycles. The van der Waals surface area contributed by atoms with Crippen LogP contribution in [-0.2, 0) is 16.6 Å². The molecule has 0 unspecified atom stereocenters. The Morgan fingerprint density at radius 3 is 2.35 bits per heavy atom. The Balaban J connectivity index is 1.67. The summed E-state index contributed by atoms with van der Waals surface area (Å²) in [5.41, 5.74) is 2.66. The first-order chi connectivity index (χ1) is 12.3. The highest BCUT2D eigenvalue weighted by Crippen LogP contribution is 2.24. The van der Waals surface area contributed by atoms with Crippen molar-refractivity contribution in [2.75, 3.05) is 26.2 Å². The van der Waals surface area contributed by atoms with E-state index in [1.165, 1.54) is 16.4 Å². The van der Waals surface area contributed by atoms with Crippen molar-refractivity contribution in [2.24, 2.45) is 0 Å². The van der Waals surface area contributed by atoms with E-state index < -0.39 is 10.0 Å². The van der Waals surface area contributed by atoms with Gasteiger partial charge in [0.05, 0.1) is 4.90 Å². The van der Waals surface area contributed by atoms with Crippen LogP contribution in [0.15, 0.2) is 41.3 Å². The van der Waals surface area contributed by atoms with Crippen molar-refractivity contribution in [3.05, 3.63) is 63.9 Å². The normalized spacial score (nSPS) is 16.8. The number of sulfonamides is 1. The third-order valence-electron chi connectivity index (χ3n) is 4.69. The summed E-state index contributed by atoms with van der Waals surface area (Å²) in [5.74, 6) is -0.358. The zero-order valence-corrected chi connectivity index (χ0v) is 16.4. The highest BCUT2D eigenvalue weighted by molar-refractivity contribution is 7.89. The van der Waals surface area contributed by atoms with Crippen LogP contribution in [-0.4, -0.2) is 43.8 Å². The van der Waals surface area contributed by atoms with Gasteiger partial charge in [0.2, 0.25) is 10.0 Å². The molecule has 1 aliphatic heterocycles. The van der Waals surface area contributed by atoms with Crippen LogP contribution in [0.2, 0.25) is 5.02 Å². The van der Waals surface area contributed by atoms with Gasteiger partial charge in [-0.15, -0.1) is 0 Å². The molecule has 1 fully saturated rings. The third-order valence-corrected chi connectivity index (χ3v) is 7.10. The average molecular weight is 397 g/mol. The number of aryl methyl sites for hydroxylation is 2. The Kier molecular flexibility index (Phi) is 5.67. The number of nitrogens with zero attached hydrogens (tertiary/aromatic N) is 2. The van der Waals surface area contributed by atoms with E-state index in [1.54, 1.807) is 12.1 Å². The Morgan fingerprint density at radius 1 is 1.04 bits per heavy atom. The Hall–Kier alpha value is -1.47. The third kappa shape index (κ3) is 4.09. The van der Waals surface area contributed by atoms with Gasteiger partial charge in [0.1, 0.15) is 5.82 Å². The van der Waals surface area contributed by atoms with Crippen molar-refractivity contribution in [1.29, 1.82) is 0 Å². The second-order valence-corrected chi connectivity index (χ2v) is 9.00. The fourth-order valence-corrected chi connectivity index (χ4v) is 5.10. The lowest BCUT2D eigenvalue weighted by Crippen LogP contribution is -2.48. The monoisotopic (exact) mass is 396 g/mol. The molecule has 1 saturated heterocycles. The van der Waals surface area contributed by atoms with E-state index in [0.29, 0.717) is 42.6 Å². The summed E-state index contributed by atoms with van der Waals surface area (Å²) in [6.45, 7) is 6.42. The minimum Gasteiger partial charge on any atom is -0.296 e. The van der Waals surface area contributed by atoms with Gasteiger partial charge < -0.3 is 0 Å².